The van der Waals surface area contributed by atoms with Crippen LogP contribution in [0.15, 0.2) is 0 Å². The maximum absolute atomic E-state index is 9.05. The van der Waals surface area contributed by atoms with E-state index in [2.05, 4.69) is 4.93 Å². The average molecular weight is 228 g/mol. The number of aliphatic hydroxyl groups is 1. The van der Waals surface area contributed by atoms with Crippen molar-refractivity contribution >= 4 is 19.8 Å². The molecule has 1 fully saturated rings. The monoisotopic (exact) mass is 228 g/mol. The van der Waals surface area contributed by atoms with E-state index in [1.807, 2.05) is 0 Å². The maximum atomic E-state index is 9.05. The van der Waals surface area contributed by atoms with Gasteiger partial charge in [0, 0.05) is 0 Å². The van der Waals surface area contributed by atoms with Crippen molar-refractivity contribution in [2.45, 2.75) is 18.9 Å². The summed E-state index contributed by atoms with van der Waals surface area (Å²) in [6, 6.07) is 0. The topological polar surface area (TPSA) is 20.2 Å². The van der Waals surface area contributed by atoms with Gasteiger partial charge >= 0.3 is 57.7 Å². The van der Waals surface area contributed by atoms with Crippen LogP contribution in [0.5, 0.6) is 0 Å². The summed E-state index contributed by atoms with van der Waals surface area (Å²) in [5.74, 6) is 0. The molecule has 1 saturated heterocycles. The third-order valence-electron chi connectivity index (χ3n) is 1.53. The van der Waals surface area contributed by atoms with Gasteiger partial charge in [-0.05, 0) is 0 Å². The zero-order valence-electron chi connectivity index (χ0n) is 5.23. The van der Waals surface area contributed by atoms with Crippen molar-refractivity contribution in [3.8, 4) is 0 Å². The Bertz CT molecular complexity index is 56.9. The fourth-order valence-electron chi connectivity index (χ4n) is 0.863. The second-order valence-electron chi connectivity index (χ2n) is 2.33. The summed E-state index contributed by atoms with van der Waals surface area (Å²) < 4.78 is 2.76. The average Bonchev–Trinajstić information content (AvgIpc) is 1.77. The van der Waals surface area contributed by atoms with Crippen molar-refractivity contribution < 1.29 is 5.11 Å². The molecule has 1 rings (SSSR count). The number of halogens is 1. The van der Waals surface area contributed by atoms with E-state index >= 15 is 0 Å². The minimum absolute atomic E-state index is 0.0588. The number of alkyl halides is 3. The first kappa shape index (κ1) is 6.81. The molecule has 0 aromatic carbocycles. The molecule has 0 aromatic heterocycles. The fourth-order valence-corrected chi connectivity index (χ4v) is 4.97. The van der Waals surface area contributed by atoms with E-state index in [9.17, 15) is 0 Å². The SMILES string of the molecule is CI1CCC(O)CC1. The van der Waals surface area contributed by atoms with E-state index in [-0.39, 0.29) is 6.10 Å². The van der Waals surface area contributed by atoms with Crippen LogP contribution in [0.3, 0.4) is 0 Å². The van der Waals surface area contributed by atoms with Gasteiger partial charge in [-0.3, -0.25) is 0 Å². The van der Waals surface area contributed by atoms with E-state index < -0.39 is 19.8 Å². The van der Waals surface area contributed by atoms with E-state index in [4.69, 9.17) is 5.11 Å². The number of hydrogen-bond donors (Lipinski definition) is 1. The molecule has 0 aromatic rings. The van der Waals surface area contributed by atoms with Crippen molar-refractivity contribution in [2.75, 3.05) is 13.8 Å². The molecule has 0 unspecified atom stereocenters. The quantitative estimate of drug-likeness (QED) is 0.489. The zero-order valence-corrected chi connectivity index (χ0v) is 7.39. The van der Waals surface area contributed by atoms with Gasteiger partial charge in [0.25, 0.3) is 0 Å². The third-order valence-corrected chi connectivity index (χ3v) is 6.46. The molecule has 0 radical (unpaired) electrons. The molecule has 8 heavy (non-hydrogen) atoms. The van der Waals surface area contributed by atoms with Crippen LogP contribution in [-0.4, -0.2) is 25.0 Å². The molecular formula is C6H13IO. The van der Waals surface area contributed by atoms with Crippen LogP contribution in [-0.2, 0) is 0 Å². The van der Waals surface area contributed by atoms with Gasteiger partial charge in [-0.1, -0.05) is 0 Å². The standard InChI is InChI=1S/C6H13IO/c1-7-4-2-6(8)3-5-7/h6,8H,2-5H2,1H3. The van der Waals surface area contributed by atoms with Gasteiger partial charge in [-0.2, -0.15) is 0 Å². The van der Waals surface area contributed by atoms with E-state index in [1.54, 1.807) is 0 Å². The summed E-state index contributed by atoms with van der Waals surface area (Å²) in [5, 5.41) is 9.05. The first-order valence-corrected chi connectivity index (χ1v) is 8.20. The molecule has 1 nitrogen and oxygen atoms in total. The Kier molecular flexibility index (Phi) is 2.56. The normalized spacial score (nSPS) is 28.5. The molecule has 0 bridgehead atoms. The predicted octanol–water partition coefficient (Wildman–Crippen LogP) is 1.28. The van der Waals surface area contributed by atoms with Gasteiger partial charge in [0.05, 0.1) is 0 Å². The van der Waals surface area contributed by atoms with Crippen molar-refractivity contribution in [2.24, 2.45) is 0 Å². The number of hydrogen-bond acceptors (Lipinski definition) is 1. The van der Waals surface area contributed by atoms with E-state index in [0.717, 1.165) is 12.8 Å². The summed E-state index contributed by atoms with van der Waals surface area (Å²) in [6.07, 6.45) is 2.26. The van der Waals surface area contributed by atoms with Crippen LogP contribution in [0.25, 0.3) is 0 Å². The van der Waals surface area contributed by atoms with Crippen LogP contribution in [0.1, 0.15) is 12.8 Å². The molecule has 0 saturated carbocycles. The molecule has 1 aliphatic rings. The number of aliphatic hydroxyl groups excluding tert-OH is 1. The Balaban J connectivity index is 2.19. The summed E-state index contributed by atoms with van der Waals surface area (Å²) in [4.78, 5) is 2.41. The minimum atomic E-state index is -0.441. The Morgan fingerprint density at radius 3 is 2.25 bits per heavy atom. The summed E-state index contributed by atoms with van der Waals surface area (Å²) >= 11 is -0.441. The van der Waals surface area contributed by atoms with Gasteiger partial charge in [-0.25, -0.2) is 0 Å². The molecule has 1 N–H and O–H groups in total. The summed E-state index contributed by atoms with van der Waals surface area (Å²) in [7, 11) is 0. The van der Waals surface area contributed by atoms with Crippen LogP contribution < -0.4 is 0 Å². The molecule has 1 aliphatic heterocycles. The zero-order chi connectivity index (χ0) is 5.98. The van der Waals surface area contributed by atoms with Crippen molar-refractivity contribution in [3.63, 3.8) is 0 Å². The second kappa shape index (κ2) is 3.01. The Morgan fingerprint density at radius 2 is 1.88 bits per heavy atom. The van der Waals surface area contributed by atoms with Crippen LogP contribution in [0.2, 0.25) is 0 Å². The predicted molar refractivity (Wildman–Crippen MR) is 44.9 cm³/mol. The Hall–Kier alpha value is 0.690. The first-order chi connectivity index (χ1) is 3.79. The van der Waals surface area contributed by atoms with Gasteiger partial charge in [0.2, 0.25) is 0 Å². The molecule has 1 heterocycles. The molecule has 50 valence electrons. The fraction of sp³-hybridized carbons (Fsp3) is 1.00. The van der Waals surface area contributed by atoms with Gasteiger partial charge < -0.3 is 0 Å². The molecule has 0 aliphatic carbocycles. The first-order valence-electron chi connectivity index (χ1n) is 2.99. The van der Waals surface area contributed by atoms with Crippen molar-refractivity contribution in [1.82, 2.24) is 0 Å². The van der Waals surface area contributed by atoms with Crippen LogP contribution in [0.4, 0.5) is 0 Å². The molecule has 0 amide bonds. The van der Waals surface area contributed by atoms with Crippen molar-refractivity contribution in [1.29, 1.82) is 0 Å². The molecule has 0 atom stereocenters. The summed E-state index contributed by atoms with van der Waals surface area (Å²) in [5.41, 5.74) is 0. The number of rotatable bonds is 0. The van der Waals surface area contributed by atoms with Gasteiger partial charge in [0.1, 0.15) is 0 Å². The Labute approximate surface area is 57.9 Å². The van der Waals surface area contributed by atoms with Crippen LogP contribution in [0, 0.1) is 0 Å². The molecule has 0 spiro atoms. The molecular weight excluding hydrogens is 215 g/mol. The Morgan fingerprint density at radius 1 is 1.38 bits per heavy atom. The van der Waals surface area contributed by atoms with E-state index in [1.165, 1.54) is 8.86 Å². The van der Waals surface area contributed by atoms with E-state index in [0.29, 0.717) is 0 Å². The van der Waals surface area contributed by atoms with Gasteiger partial charge in [-0.15, -0.1) is 0 Å². The second-order valence-corrected chi connectivity index (χ2v) is 8.62. The van der Waals surface area contributed by atoms with Gasteiger partial charge in [0.15, 0.2) is 0 Å². The van der Waals surface area contributed by atoms with Crippen molar-refractivity contribution in [3.05, 3.63) is 0 Å². The van der Waals surface area contributed by atoms with Crippen LogP contribution >= 0.6 is 19.8 Å². The summed E-state index contributed by atoms with van der Waals surface area (Å²) in [6.45, 7) is 0. The molecule has 2 heteroatoms. The third kappa shape index (κ3) is 1.90.